The Morgan fingerprint density at radius 2 is 0.800 bits per heavy atom. The number of aryl methyl sites for hydroxylation is 4. The second-order valence-corrected chi connectivity index (χ2v) is 20.0. The summed E-state index contributed by atoms with van der Waals surface area (Å²) in [6.45, 7) is 9.63. The van der Waals surface area contributed by atoms with Gasteiger partial charge in [-0.3, -0.25) is 0 Å². The first-order valence-corrected chi connectivity index (χ1v) is 21.6. The number of rotatable bonds is 16. The molecule has 0 bridgehead atoms. The fourth-order valence-corrected chi connectivity index (χ4v) is 13.0. The summed E-state index contributed by atoms with van der Waals surface area (Å²) in [5.41, 5.74) is 2.88. The smallest absolute Gasteiger partial charge is 0.206 e. The van der Waals surface area contributed by atoms with Gasteiger partial charge in [0.05, 0.1) is 25.6 Å². The molecular formula is C36H42N2O8S4. The Morgan fingerprint density at radius 3 is 1.10 bits per heavy atom. The van der Waals surface area contributed by atoms with Crippen molar-refractivity contribution in [2.45, 2.75) is 79.0 Å². The molecule has 268 valence electrons. The van der Waals surface area contributed by atoms with E-state index < -0.39 is 52.7 Å². The molecule has 0 aliphatic carbocycles. The van der Waals surface area contributed by atoms with Gasteiger partial charge in [-0.15, -0.1) is 6.58 Å². The lowest BCUT2D eigenvalue weighted by molar-refractivity contribution is 0.353. The lowest BCUT2D eigenvalue weighted by atomic mass is 10.1. The number of unbranched alkanes of at least 4 members (excludes halogenated alkanes) is 2. The Labute approximate surface area is 297 Å². The number of hydrogen-bond acceptors (Lipinski definition) is 8. The van der Waals surface area contributed by atoms with Gasteiger partial charge in [0.2, 0.25) is 0 Å². The fraction of sp³-hybridized carbons (Fsp3) is 0.278. The van der Waals surface area contributed by atoms with E-state index in [1.165, 1.54) is 97.1 Å². The van der Waals surface area contributed by atoms with Crippen molar-refractivity contribution in [1.29, 1.82) is 0 Å². The van der Waals surface area contributed by atoms with Gasteiger partial charge < -0.3 is 0 Å². The molecule has 0 aliphatic rings. The van der Waals surface area contributed by atoms with Crippen molar-refractivity contribution in [2.24, 2.45) is 0 Å². The van der Waals surface area contributed by atoms with E-state index in [0.717, 1.165) is 22.3 Å². The Kier molecular flexibility index (Phi) is 12.3. The van der Waals surface area contributed by atoms with Gasteiger partial charge in [0, 0.05) is 6.54 Å². The zero-order valence-corrected chi connectivity index (χ0v) is 31.7. The molecule has 0 amide bonds. The number of allylic oxidation sites excluding steroid dienone is 1. The molecule has 4 rings (SSSR count). The highest BCUT2D eigenvalue weighted by atomic mass is 32.3. The second-order valence-electron chi connectivity index (χ2n) is 12.2. The predicted molar refractivity (Wildman–Crippen MR) is 194 cm³/mol. The normalized spacial score (nSPS) is 13.4. The van der Waals surface area contributed by atoms with E-state index in [0.29, 0.717) is 16.6 Å². The topological polar surface area (TPSA) is 143 Å². The minimum absolute atomic E-state index is 0.201. The zero-order valence-electron chi connectivity index (χ0n) is 28.4. The van der Waals surface area contributed by atoms with E-state index in [9.17, 15) is 33.7 Å². The van der Waals surface area contributed by atoms with E-state index in [4.69, 9.17) is 0 Å². The van der Waals surface area contributed by atoms with E-state index in [-0.39, 0.29) is 36.1 Å². The first-order valence-electron chi connectivity index (χ1n) is 15.9. The molecule has 0 spiro atoms. The van der Waals surface area contributed by atoms with Crippen molar-refractivity contribution in [1.82, 2.24) is 7.42 Å². The SMILES string of the molecule is C=CCCCCC(CN(S(=O)(=O)c1ccc(C)cc1)S(=O)(=O)c1ccc(C)cc1)N(S(=O)(=O)c1ccc(C)cc1)S(=O)(=O)c1ccc(C)cc1. The van der Waals surface area contributed by atoms with Crippen molar-refractivity contribution in [3.8, 4) is 0 Å². The molecule has 0 fully saturated rings. The average molecular weight is 759 g/mol. The summed E-state index contributed by atoms with van der Waals surface area (Å²) in [5, 5.41) is 0. The highest BCUT2D eigenvalue weighted by molar-refractivity contribution is 8.04. The molecule has 0 aliphatic heterocycles. The van der Waals surface area contributed by atoms with Crippen LogP contribution in [0.2, 0.25) is 0 Å². The maximum atomic E-state index is 14.6. The van der Waals surface area contributed by atoms with Crippen LogP contribution in [0.5, 0.6) is 0 Å². The van der Waals surface area contributed by atoms with Crippen LogP contribution in [0.1, 0.15) is 47.9 Å². The van der Waals surface area contributed by atoms with Crippen LogP contribution in [0.4, 0.5) is 0 Å². The van der Waals surface area contributed by atoms with Gasteiger partial charge >= 0.3 is 0 Å². The summed E-state index contributed by atoms with van der Waals surface area (Å²) < 4.78 is 116. The first kappa shape index (κ1) is 39.1. The standard InChI is InChI=1S/C36H42N2O8S4/c1-6-7-8-9-10-32(38(49(43,44)35-23-15-30(4)16-24-35)50(45,46)36-25-17-31(5)18-26-36)27-37(47(39,40)33-19-11-28(2)12-20-33)48(41,42)34-21-13-29(3)14-22-34/h6,11-26,32H,1,7-10,27H2,2-5H3. The highest BCUT2D eigenvalue weighted by Crippen LogP contribution is 2.33. The lowest BCUT2D eigenvalue weighted by Crippen LogP contribution is -2.52. The molecule has 1 atom stereocenters. The van der Waals surface area contributed by atoms with Gasteiger partial charge in [0.15, 0.2) is 0 Å². The maximum absolute atomic E-state index is 14.6. The monoisotopic (exact) mass is 758 g/mol. The fourth-order valence-electron chi connectivity index (χ4n) is 5.24. The third-order valence-corrected chi connectivity index (χ3v) is 16.9. The Hall–Kier alpha value is -3.66. The second kappa shape index (κ2) is 15.7. The van der Waals surface area contributed by atoms with Crippen LogP contribution in [0.25, 0.3) is 0 Å². The summed E-state index contributed by atoms with van der Waals surface area (Å²) in [7, 11) is -19.7. The molecule has 0 radical (unpaired) electrons. The van der Waals surface area contributed by atoms with Crippen molar-refractivity contribution in [2.75, 3.05) is 6.54 Å². The van der Waals surface area contributed by atoms with Crippen LogP contribution in [-0.4, -0.2) is 53.7 Å². The van der Waals surface area contributed by atoms with E-state index >= 15 is 0 Å². The summed E-state index contributed by atoms with van der Waals surface area (Å²) >= 11 is 0. The molecule has 0 N–H and O–H groups in total. The number of nitrogens with zero attached hydrogens (tertiary/aromatic N) is 2. The van der Waals surface area contributed by atoms with Crippen LogP contribution in [0.3, 0.4) is 0 Å². The average Bonchev–Trinajstić information content (AvgIpc) is 3.05. The summed E-state index contributed by atoms with van der Waals surface area (Å²) in [4.78, 5) is -1.44. The number of sulfonamides is 4. The van der Waals surface area contributed by atoms with Gasteiger partial charge in [0.1, 0.15) is 0 Å². The molecule has 1 unspecified atom stereocenters. The van der Waals surface area contributed by atoms with Crippen molar-refractivity contribution in [3.05, 3.63) is 132 Å². The molecule has 50 heavy (non-hydrogen) atoms. The molecule has 4 aromatic carbocycles. The largest absolute Gasteiger partial charge is 0.256 e. The van der Waals surface area contributed by atoms with Crippen molar-refractivity contribution < 1.29 is 33.7 Å². The van der Waals surface area contributed by atoms with Crippen molar-refractivity contribution in [3.63, 3.8) is 0 Å². The van der Waals surface area contributed by atoms with Crippen LogP contribution in [0, 0.1) is 27.7 Å². The quantitative estimate of drug-likeness (QED) is 0.0932. The zero-order chi connectivity index (χ0) is 36.9. The molecule has 0 heterocycles. The van der Waals surface area contributed by atoms with Gasteiger partial charge in [-0.2, -0.15) is 0 Å². The van der Waals surface area contributed by atoms with E-state index in [2.05, 4.69) is 6.58 Å². The highest BCUT2D eigenvalue weighted by Gasteiger charge is 2.46. The summed E-state index contributed by atoms with van der Waals surface area (Å²) in [6.07, 6.45) is 2.64. The molecule has 0 aromatic heterocycles. The van der Waals surface area contributed by atoms with Gasteiger partial charge in [0.25, 0.3) is 40.1 Å². The van der Waals surface area contributed by atoms with Crippen LogP contribution in [-0.2, 0) is 40.1 Å². The third-order valence-electron chi connectivity index (χ3n) is 8.14. The lowest BCUT2D eigenvalue weighted by Gasteiger charge is -2.33. The molecule has 10 nitrogen and oxygen atoms in total. The molecule has 4 aromatic rings. The van der Waals surface area contributed by atoms with Gasteiger partial charge in [-0.25, -0.2) is 33.7 Å². The van der Waals surface area contributed by atoms with Crippen molar-refractivity contribution >= 4 is 40.1 Å². The molecule has 14 heteroatoms. The molecular weight excluding hydrogens is 717 g/mol. The van der Waals surface area contributed by atoms with Crippen LogP contribution >= 0.6 is 0 Å². The first-order chi connectivity index (χ1) is 23.4. The van der Waals surface area contributed by atoms with E-state index in [1.54, 1.807) is 33.8 Å². The Morgan fingerprint density at radius 1 is 0.500 bits per heavy atom. The number of hydrogen-bond donors (Lipinski definition) is 0. The van der Waals surface area contributed by atoms with Gasteiger partial charge in [-0.05, 0) is 95.5 Å². The minimum atomic E-state index is -4.94. The van der Waals surface area contributed by atoms with E-state index in [1.807, 2.05) is 0 Å². The third kappa shape index (κ3) is 8.61. The Balaban J connectivity index is 2.02. The predicted octanol–water partition coefficient (Wildman–Crippen LogP) is 6.49. The molecule has 0 saturated carbocycles. The van der Waals surface area contributed by atoms with Crippen LogP contribution < -0.4 is 0 Å². The number of benzene rings is 4. The minimum Gasteiger partial charge on any atom is -0.206 e. The van der Waals surface area contributed by atoms with Crippen LogP contribution in [0.15, 0.2) is 129 Å². The summed E-state index contributed by atoms with van der Waals surface area (Å²) in [6, 6.07) is 20.5. The Bertz CT molecular complexity index is 2080. The molecule has 0 saturated heterocycles. The van der Waals surface area contributed by atoms with Gasteiger partial charge in [-0.1, -0.05) is 90.7 Å². The maximum Gasteiger partial charge on any atom is 0.256 e. The summed E-state index contributed by atoms with van der Waals surface area (Å²) in [5.74, 6) is 0.